The highest BCUT2D eigenvalue weighted by molar-refractivity contribution is 5.89. The number of benzene rings is 3. The molecule has 36 heavy (non-hydrogen) atoms. The number of hydrogen-bond donors (Lipinski definition) is 3. The molecule has 1 atom stereocenters. The van der Waals surface area contributed by atoms with Crippen molar-refractivity contribution < 1.29 is 29.2 Å². The first-order valence-corrected chi connectivity index (χ1v) is 12.1. The molecule has 0 radical (unpaired) electrons. The van der Waals surface area contributed by atoms with Gasteiger partial charge in [-0.25, -0.2) is 9.18 Å². The van der Waals surface area contributed by atoms with Gasteiger partial charge in [0.15, 0.2) is 0 Å². The Balaban J connectivity index is 1.49. The van der Waals surface area contributed by atoms with Crippen LogP contribution in [0.4, 0.5) is 4.39 Å². The molecule has 188 valence electrons. The summed E-state index contributed by atoms with van der Waals surface area (Å²) in [6, 6.07) is 16.1. The van der Waals surface area contributed by atoms with E-state index < -0.39 is 17.9 Å². The van der Waals surface area contributed by atoms with Gasteiger partial charge in [-0.15, -0.1) is 0 Å². The number of hydrogen-bond acceptors (Lipinski definition) is 5. The molecule has 4 aromatic rings. The Morgan fingerprint density at radius 2 is 1.75 bits per heavy atom. The zero-order valence-corrected chi connectivity index (χ0v) is 20.2. The molecular formula is C29H30FNO5. The largest absolute Gasteiger partial charge is 0.507 e. The number of phenols is 2. The van der Waals surface area contributed by atoms with E-state index in [1.165, 1.54) is 24.3 Å². The third-order valence-corrected chi connectivity index (χ3v) is 6.22. The lowest BCUT2D eigenvalue weighted by atomic mass is 10.0. The van der Waals surface area contributed by atoms with Gasteiger partial charge < -0.3 is 24.6 Å². The van der Waals surface area contributed by atoms with E-state index >= 15 is 0 Å². The Bertz CT molecular complexity index is 1320. The molecule has 1 heterocycles. The number of fused-ring (bicyclic) bond motifs is 1. The van der Waals surface area contributed by atoms with Crippen LogP contribution in [0.1, 0.15) is 46.8 Å². The summed E-state index contributed by atoms with van der Waals surface area (Å²) in [6.45, 7) is 2.13. The van der Waals surface area contributed by atoms with E-state index in [0.29, 0.717) is 5.56 Å². The topological polar surface area (TPSA) is 91.9 Å². The number of aromatic nitrogens is 1. The highest BCUT2D eigenvalue weighted by Gasteiger charge is 2.17. The van der Waals surface area contributed by atoms with Crippen LogP contribution in [0, 0.1) is 5.82 Å². The van der Waals surface area contributed by atoms with Crippen molar-refractivity contribution in [2.45, 2.75) is 45.3 Å². The number of carbonyl (C=O) groups is 1. The third kappa shape index (κ3) is 5.86. The lowest BCUT2D eigenvalue weighted by molar-refractivity contribution is 0.0259. The van der Waals surface area contributed by atoms with Gasteiger partial charge in [-0.2, -0.15) is 0 Å². The number of aryl methyl sites for hydroxylation is 1. The Kier molecular flexibility index (Phi) is 7.90. The number of esters is 1. The average Bonchev–Trinajstić information content (AvgIpc) is 3.21. The molecule has 0 saturated carbocycles. The Labute approximate surface area is 209 Å². The van der Waals surface area contributed by atoms with Crippen LogP contribution in [0.15, 0.2) is 66.9 Å². The summed E-state index contributed by atoms with van der Waals surface area (Å²) in [7, 11) is 0. The fourth-order valence-corrected chi connectivity index (χ4v) is 4.33. The molecule has 1 unspecified atom stereocenters. The first-order chi connectivity index (χ1) is 17.4. The van der Waals surface area contributed by atoms with Gasteiger partial charge in [0.2, 0.25) is 0 Å². The van der Waals surface area contributed by atoms with Crippen LogP contribution in [0.5, 0.6) is 11.5 Å². The van der Waals surface area contributed by atoms with Gasteiger partial charge in [0.1, 0.15) is 23.9 Å². The smallest absolute Gasteiger partial charge is 0.338 e. The average molecular weight is 492 g/mol. The van der Waals surface area contributed by atoms with Crippen molar-refractivity contribution in [3.8, 4) is 11.5 Å². The molecule has 0 fully saturated rings. The first kappa shape index (κ1) is 25.3. The van der Waals surface area contributed by atoms with Crippen LogP contribution in [-0.4, -0.2) is 38.6 Å². The Hall–Kier alpha value is -3.84. The molecule has 3 N–H and O–H groups in total. The number of halogens is 1. The van der Waals surface area contributed by atoms with Gasteiger partial charge >= 0.3 is 5.97 Å². The quantitative estimate of drug-likeness (QED) is 0.260. The number of nitrogens with zero attached hydrogens (tertiary/aromatic N) is 1. The molecule has 0 amide bonds. The second-order valence-corrected chi connectivity index (χ2v) is 8.98. The van der Waals surface area contributed by atoms with Gasteiger partial charge in [-0.3, -0.25) is 0 Å². The fourth-order valence-electron chi connectivity index (χ4n) is 4.33. The zero-order valence-electron chi connectivity index (χ0n) is 20.2. The van der Waals surface area contributed by atoms with Gasteiger partial charge in [0.05, 0.1) is 23.8 Å². The predicted molar refractivity (Wildman–Crippen MR) is 136 cm³/mol. The lowest BCUT2D eigenvalue weighted by Gasteiger charge is -2.12. The molecule has 7 heteroatoms. The lowest BCUT2D eigenvalue weighted by Crippen LogP contribution is -2.21. The molecule has 0 aliphatic carbocycles. The van der Waals surface area contributed by atoms with Crippen LogP contribution in [0.25, 0.3) is 10.9 Å². The van der Waals surface area contributed by atoms with Crippen molar-refractivity contribution in [2.75, 3.05) is 6.61 Å². The van der Waals surface area contributed by atoms with Gasteiger partial charge in [-0.05, 0) is 66.4 Å². The Morgan fingerprint density at radius 1 is 1.06 bits per heavy atom. The molecular weight excluding hydrogens is 461 g/mol. The molecule has 0 aliphatic rings. The van der Waals surface area contributed by atoms with Crippen LogP contribution in [0.3, 0.4) is 0 Å². The zero-order chi connectivity index (χ0) is 25.7. The van der Waals surface area contributed by atoms with Crippen molar-refractivity contribution in [1.29, 1.82) is 0 Å². The second kappa shape index (κ2) is 11.3. The number of ether oxygens (including phenoxy) is 1. The number of rotatable bonds is 10. The highest BCUT2D eigenvalue weighted by atomic mass is 19.1. The minimum Gasteiger partial charge on any atom is -0.507 e. The van der Waals surface area contributed by atoms with Crippen molar-refractivity contribution >= 4 is 16.9 Å². The molecule has 6 nitrogen and oxygen atoms in total. The number of unbranched alkanes of at least 4 members (excludes halogenated alkanes) is 1. The summed E-state index contributed by atoms with van der Waals surface area (Å²) in [6.07, 6.45) is 3.95. The number of aliphatic hydroxyl groups excluding tert-OH is 1. The van der Waals surface area contributed by atoms with Crippen LogP contribution in [-0.2, 0) is 24.1 Å². The summed E-state index contributed by atoms with van der Waals surface area (Å²) in [5.74, 6) is -0.983. The van der Waals surface area contributed by atoms with Crippen LogP contribution in [0.2, 0.25) is 0 Å². The maximum absolute atomic E-state index is 13.1. The normalized spacial score (nSPS) is 12.1. The molecule has 0 aliphatic heterocycles. The maximum atomic E-state index is 13.1. The van der Waals surface area contributed by atoms with Gasteiger partial charge in [0.25, 0.3) is 0 Å². The number of aliphatic hydroxyl groups is 1. The molecule has 0 saturated heterocycles. The summed E-state index contributed by atoms with van der Waals surface area (Å²) >= 11 is 0. The predicted octanol–water partition coefficient (Wildman–Crippen LogP) is 5.34. The highest BCUT2D eigenvalue weighted by Crippen LogP contribution is 2.32. The van der Waals surface area contributed by atoms with E-state index in [-0.39, 0.29) is 36.6 Å². The second-order valence-electron chi connectivity index (χ2n) is 8.98. The van der Waals surface area contributed by atoms with E-state index in [2.05, 4.69) is 6.92 Å². The summed E-state index contributed by atoms with van der Waals surface area (Å²) in [5, 5.41) is 32.7. The van der Waals surface area contributed by atoms with E-state index in [4.69, 9.17) is 4.74 Å². The van der Waals surface area contributed by atoms with E-state index in [0.717, 1.165) is 41.3 Å². The number of phenolic OH excluding ortho intramolecular Hbond substituents is 2. The number of aromatic hydroxyl groups is 2. The summed E-state index contributed by atoms with van der Waals surface area (Å²) in [5.41, 5.74) is 3.26. The molecule has 0 bridgehead atoms. The number of carbonyl (C=O) groups excluding carboxylic acids is 1. The van der Waals surface area contributed by atoms with E-state index in [9.17, 15) is 24.5 Å². The SMILES string of the molecule is CCCCc1cc(O)c(Cn2cc(CC(O)COC(=O)c3ccc(F)cc3)c3ccccc32)c(O)c1. The molecule has 4 rings (SSSR count). The van der Waals surface area contributed by atoms with E-state index in [1.54, 1.807) is 12.1 Å². The number of para-hydroxylation sites is 1. The van der Waals surface area contributed by atoms with Crippen LogP contribution < -0.4 is 0 Å². The van der Waals surface area contributed by atoms with Crippen molar-refractivity contribution in [1.82, 2.24) is 4.57 Å². The third-order valence-electron chi connectivity index (χ3n) is 6.22. The molecule has 3 aromatic carbocycles. The van der Waals surface area contributed by atoms with Crippen molar-refractivity contribution in [3.63, 3.8) is 0 Å². The van der Waals surface area contributed by atoms with Gasteiger partial charge in [-0.1, -0.05) is 31.5 Å². The molecule has 0 spiro atoms. The molecule has 1 aromatic heterocycles. The fraction of sp³-hybridized carbons (Fsp3) is 0.276. The first-order valence-electron chi connectivity index (χ1n) is 12.1. The maximum Gasteiger partial charge on any atom is 0.338 e. The minimum atomic E-state index is -0.951. The van der Waals surface area contributed by atoms with Crippen molar-refractivity contribution in [3.05, 3.63) is 94.9 Å². The summed E-state index contributed by atoms with van der Waals surface area (Å²) < 4.78 is 20.2. The standard InChI is InChI=1S/C29H30FNO5/c1-2-3-6-19-13-27(33)25(28(34)14-19)17-31-16-21(24-7-4-5-8-26(24)31)15-23(32)18-36-29(35)20-9-11-22(30)12-10-20/h4-5,7-14,16,23,32-34H,2-3,6,15,17-18H2,1H3. The monoisotopic (exact) mass is 491 g/mol. The Morgan fingerprint density at radius 3 is 2.44 bits per heavy atom. The van der Waals surface area contributed by atoms with Crippen LogP contribution >= 0.6 is 0 Å². The van der Waals surface area contributed by atoms with E-state index in [1.807, 2.05) is 35.0 Å². The minimum absolute atomic E-state index is 0.0492. The van der Waals surface area contributed by atoms with Gasteiger partial charge in [0, 0.05) is 23.5 Å². The van der Waals surface area contributed by atoms with Crippen molar-refractivity contribution in [2.24, 2.45) is 0 Å². The summed E-state index contributed by atoms with van der Waals surface area (Å²) in [4.78, 5) is 12.2.